The fourth-order valence-electron chi connectivity index (χ4n) is 1.06. The molecule has 1 aromatic heterocycles. The Morgan fingerprint density at radius 1 is 1.60 bits per heavy atom. The van der Waals surface area contributed by atoms with Crippen molar-refractivity contribution in [1.29, 1.82) is 0 Å². The summed E-state index contributed by atoms with van der Waals surface area (Å²) in [6.45, 7) is 4.88. The average molecular weight is 213 g/mol. The van der Waals surface area contributed by atoms with Crippen LogP contribution in [0.1, 0.15) is 30.1 Å². The fourth-order valence-corrected chi connectivity index (χ4v) is 1.06. The van der Waals surface area contributed by atoms with Crippen LogP contribution >= 0.6 is 0 Å². The third-order valence-electron chi connectivity index (χ3n) is 1.65. The van der Waals surface area contributed by atoms with Gasteiger partial charge in [-0.1, -0.05) is 5.16 Å². The van der Waals surface area contributed by atoms with Crippen molar-refractivity contribution in [3.05, 3.63) is 21.6 Å². The van der Waals surface area contributed by atoms with E-state index in [-0.39, 0.29) is 23.2 Å². The first-order valence-electron chi connectivity index (χ1n) is 4.35. The van der Waals surface area contributed by atoms with Crippen LogP contribution in [0.15, 0.2) is 4.52 Å². The van der Waals surface area contributed by atoms with Gasteiger partial charge in [0.1, 0.15) is 0 Å². The van der Waals surface area contributed by atoms with Gasteiger partial charge >= 0.3 is 5.69 Å². The Morgan fingerprint density at radius 3 is 2.67 bits per heavy atom. The van der Waals surface area contributed by atoms with Crippen LogP contribution in [0, 0.1) is 17.0 Å². The van der Waals surface area contributed by atoms with Crippen LogP contribution in [0.25, 0.3) is 0 Å². The van der Waals surface area contributed by atoms with Crippen LogP contribution in [-0.2, 0) is 0 Å². The molecule has 15 heavy (non-hydrogen) atoms. The third kappa shape index (κ3) is 2.30. The molecule has 7 nitrogen and oxygen atoms in total. The Bertz CT molecular complexity index is 397. The van der Waals surface area contributed by atoms with Gasteiger partial charge in [-0.05, 0) is 13.8 Å². The lowest BCUT2D eigenvalue weighted by Crippen LogP contribution is -2.30. The second-order valence-corrected chi connectivity index (χ2v) is 3.32. The highest BCUT2D eigenvalue weighted by atomic mass is 16.6. The summed E-state index contributed by atoms with van der Waals surface area (Å²) in [5.41, 5.74) is -0.667. The topological polar surface area (TPSA) is 98.3 Å². The molecule has 1 heterocycles. The summed E-state index contributed by atoms with van der Waals surface area (Å²) in [4.78, 5) is 21.4. The van der Waals surface area contributed by atoms with Gasteiger partial charge in [0.25, 0.3) is 5.91 Å². The van der Waals surface area contributed by atoms with E-state index in [0.29, 0.717) is 0 Å². The Labute approximate surface area is 85.6 Å². The molecule has 0 aliphatic heterocycles. The molecule has 82 valence electrons. The van der Waals surface area contributed by atoms with Gasteiger partial charge in [0.05, 0.1) is 4.92 Å². The molecule has 0 aromatic carbocycles. The molecule has 0 spiro atoms. The van der Waals surface area contributed by atoms with Gasteiger partial charge in [0.2, 0.25) is 11.5 Å². The highest BCUT2D eigenvalue weighted by molar-refractivity contribution is 5.96. The maximum Gasteiger partial charge on any atom is 0.344 e. The van der Waals surface area contributed by atoms with Crippen molar-refractivity contribution in [1.82, 2.24) is 10.5 Å². The van der Waals surface area contributed by atoms with Gasteiger partial charge in [-0.2, -0.15) is 0 Å². The van der Waals surface area contributed by atoms with Gasteiger partial charge in [-0.3, -0.25) is 14.9 Å². The van der Waals surface area contributed by atoms with Crippen LogP contribution in [0.4, 0.5) is 5.69 Å². The second-order valence-electron chi connectivity index (χ2n) is 3.32. The van der Waals surface area contributed by atoms with Crippen LogP contribution < -0.4 is 5.32 Å². The van der Waals surface area contributed by atoms with E-state index in [9.17, 15) is 14.9 Å². The number of aromatic nitrogens is 1. The van der Waals surface area contributed by atoms with Gasteiger partial charge in [0, 0.05) is 13.0 Å². The molecule has 0 unspecified atom stereocenters. The Morgan fingerprint density at radius 2 is 2.20 bits per heavy atom. The van der Waals surface area contributed by atoms with Crippen LogP contribution in [0.3, 0.4) is 0 Å². The summed E-state index contributed by atoms with van der Waals surface area (Å²) in [7, 11) is 0. The molecule has 0 radical (unpaired) electrons. The van der Waals surface area contributed by atoms with Crippen molar-refractivity contribution in [3.8, 4) is 0 Å². The van der Waals surface area contributed by atoms with E-state index in [1.54, 1.807) is 13.8 Å². The molecule has 1 N–H and O–H groups in total. The highest BCUT2D eigenvalue weighted by Crippen LogP contribution is 2.22. The number of aryl methyl sites for hydroxylation is 1. The van der Waals surface area contributed by atoms with E-state index in [1.165, 1.54) is 6.92 Å². The molecule has 0 fully saturated rings. The number of nitrogens with zero attached hydrogens (tertiary/aromatic N) is 2. The van der Waals surface area contributed by atoms with Gasteiger partial charge < -0.3 is 9.84 Å². The summed E-state index contributed by atoms with van der Waals surface area (Å²) in [6, 6.07) is -0.117. The first-order chi connectivity index (χ1) is 6.93. The van der Waals surface area contributed by atoms with E-state index in [1.807, 2.05) is 0 Å². The number of carbonyl (C=O) groups is 1. The molecule has 0 saturated carbocycles. The summed E-state index contributed by atoms with van der Waals surface area (Å²) >= 11 is 0. The van der Waals surface area contributed by atoms with Crippen molar-refractivity contribution < 1.29 is 14.2 Å². The first-order valence-corrected chi connectivity index (χ1v) is 4.35. The minimum atomic E-state index is -0.679. The zero-order valence-corrected chi connectivity index (χ0v) is 8.60. The second kappa shape index (κ2) is 4.07. The fraction of sp³-hybridized carbons (Fsp3) is 0.500. The minimum absolute atomic E-state index is 0.0221. The van der Waals surface area contributed by atoms with Crippen LogP contribution in [0.2, 0.25) is 0 Å². The molecule has 0 aliphatic carbocycles. The molecule has 0 saturated heterocycles. The molecule has 7 heteroatoms. The number of hydrogen-bond donors (Lipinski definition) is 1. The smallest absolute Gasteiger partial charge is 0.344 e. The van der Waals surface area contributed by atoms with Crippen molar-refractivity contribution in [3.63, 3.8) is 0 Å². The highest BCUT2D eigenvalue weighted by Gasteiger charge is 2.29. The molecule has 0 aliphatic rings. The standard InChI is InChI=1S/C8H11N3O4/c1-4(2)9-8(12)6-7(11(13)14)5(3)15-10-6/h4H,1-3H3,(H,9,12). The van der Waals surface area contributed by atoms with Crippen LogP contribution in [-0.4, -0.2) is 22.0 Å². The summed E-state index contributed by atoms with van der Waals surface area (Å²) in [5, 5.41) is 16.5. The Balaban J connectivity index is 3.04. The molecular weight excluding hydrogens is 202 g/mol. The van der Waals surface area contributed by atoms with Crippen LogP contribution in [0.5, 0.6) is 0 Å². The average Bonchev–Trinajstić information content (AvgIpc) is 2.45. The lowest BCUT2D eigenvalue weighted by Gasteiger charge is -2.04. The number of rotatable bonds is 3. The van der Waals surface area contributed by atoms with Crippen molar-refractivity contribution >= 4 is 11.6 Å². The van der Waals surface area contributed by atoms with Crippen molar-refractivity contribution in [2.45, 2.75) is 26.8 Å². The zero-order valence-electron chi connectivity index (χ0n) is 8.60. The maximum absolute atomic E-state index is 11.5. The van der Waals surface area contributed by atoms with Gasteiger partial charge in [-0.15, -0.1) is 0 Å². The zero-order chi connectivity index (χ0) is 11.6. The van der Waals surface area contributed by atoms with E-state index in [0.717, 1.165) is 0 Å². The van der Waals surface area contributed by atoms with E-state index in [4.69, 9.17) is 0 Å². The van der Waals surface area contributed by atoms with E-state index in [2.05, 4.69) is 15.0 Å². The predicted octanol–water partition coefficient (Wildman–Crippen LogP) is 1.03. The molecule has 1 amide bonds. The summed E-state index contributed by atoms with van der Waals surface area (Å²) in [6.07, 6.45) is 0. The number of hydrogen-bond acceptors (Lipinski definition) is 5. The summed E-state index contributed by atoms with van der Waals surface area (Å²) in [5.74, 6) is -0.581. The monoisotopic (exact) mass is 213 g/mol. The quantitative estimate of drug-likeness (QED) is 0.597. The third-order valence-corrected chi connectivity index (χ3v) is 1.65. The van der Waals surface area contributed by atoms with Crippen molar-refractivity contribution in [2.75, 3.05) is 0 Å². The Kier molecular flexibility index (Phi) is 3.03. The minimum Gasteiger partial charge on any atom is -0.353 e. The molecule has 0 bridgehead atoms. The molecule has 0 atom stereocenters. The predicted molar refractivity (Wildman–Crippen MR) is 50.5 cm³/mol. The molecular formula is C8H11N3O4. The first kappa shape index (κ1) is 11.2. The molecule has 1 rings (SSSR count). The van der Waals surface area contributed by atoms with Gasteiger partial charge in [-0.25, -0.2) is 0 Å². The SMILES string of the molecule is Cc1onc(C(=O)NC(C)C)c1[N+](=O)[O-]. The number of nitrogens with one attached hydrogen (secondary N) is 1. The van der Waals surface area contributed by atoms with E-state index < -0.39 is 10.8 Å². The largest absolute Gasteiger partial charge is 0.353 e. The lowest BCUT2D eigenvalue weighted by molar-refractivity contribution is -0.386. The number of amides is 1. The number of nitro groups is 1. The normalized spacial score (nSPS) is 10.4. The molecule has 1 aromatic rings. The van der Waals surface area contributed by atoms with Crippen molar-refractivity contribution in [2.24, 2.45) is 0 Å². The number of carbonyl (C=O) groups excluding carboxylic acids is 1. The Hall–Kier alpha value is -1.92. The van der Waals surface area contributed by atoms with E-state index >= 15 is 0 Å². The summed E-state index contributed by atoms with van der Waals surface area (Å²) < 4.78 is 4.61. The van der Waals surface area contributed by atoms with Gasteiger partial charge in [0.15, 0.2) is 0 Å². The maximum atomic E-state index is 11.5. The lowest BCUT2D eigenvalue weighted by atomic mass is 10.3.